The van der Waals surface area contributed by atoms with Gasteiger partial charge in [-0.3, -0.25) is 0 Å². The summed E-state index contributed by atoms with van der Waals surface area (Å²) in [7, 11) is 0. The third-order valence-electron chi connectivity index (χ3n) is 7.78. The Morgan fingerprint density at radius 3 is 2.46 bits per heavy atom. The van der Waals surface area contributed by atoms with E-state index in [1.54, 1.807) is 18.3 Å². The number of pyridine rings is 1. The van der Waals surface area contributed by atoms with Crippen molar-refractivity contribution in [2.45, 2.75) is 43.6 Å². The van der Waals surface area contributed by atoms with Gasteiger partial charge in [-0.15, -0.1) is 11.8 Å². The van der Waals surface area contributed by atoms with Crippen molar-refractivity contribution in [3.05, 3.63) is 132 Å². The number of amides is 1. The molecule has 0 spiro atoms. The van der Waals surface area contributed by atoms with Gasteiger partial charge < -0.3 is 29.7 Å². The molecule has 1 saturated heterocycles. The number of nitrogens with one attached hydrogen (secondary N) is 1. The highest BCUT2D eigenvalue weighted by Gasteiger charge is 2.38. The van der Waals surface area contributed by atoms with E-state index in [4.69, 9.17) is 14.2 Å². The zero-order chi connectivity index (χ0) is 32.5. The number of hydrogen-bond donors (Lipinski definition) is 3. The van der Waals surface area contributed by atoms with Crippen LogP contribution in [0, 0.1) is 5.92 Å². The number of aliphatic hydroxyl groups excluding tert-OH is 1. The van der Waals surface area contributed by atoms with E-state index in [-0.39, 0.29) is 36.9 Å². The molecule has 1 amide bonds. The third-order valence-corrected chi connectivity index (χ3v) is 8.87. The number of thioether (sulfide) groups is 1. The maximum absolute atomic E-state index is 12.0. The minimum atomic E-state index is -1.03. The van der Waals surface area contributed by atoms with E-state index < -0.39 is 18.4 Å². The Hall–Kier alpha value is -4.48. The van der Waals surface area contributed by atoms with E-state index in [1.165, 1.54) is 17.8 Å². The first-order valence-corrected chi connectivity index (χ1v) is 15.9. The molecule has 0 radical (unpaired) electrons. The van der Waals surface area contributed by atoms with Crippen molar-refractivity contribution in [3.63, 3.8) is 0 Å². The molecule has 10 heteroatoms. The zero-order valence-corrected chi connectivity index (χ0v) is 26.2. The normalized spacial score (nSPS) is 19.3. The van der Waals surface area contributed by atoms with Crippen molar-refractivity contribution in [1.29, 1.82) is 0 Å². The number of carbonyl (C=O) groups is 2. The number of aromatic carboxylic acids is 1. The molecule has 1 aliphatic rings. The lowest BCUT2D eigenvalue weighted by Crippen LogP contribution is -2.38. The smallest absolute Gasteiger partial charge is 0.407 e. The van der Waals surface area contributed by atoms with Gasteiger partial charge >= 0.3 is 12.1 Å². The summed E-state index contributed by atoms with van der Waals surface area (Å²) in [4.78, 5) is 28.0. The fraction of sp³-hybridized carbons (Fsp3) is 0.250. The standard InChI is InChI=1S/C36H36N2O7S/c1-3-19-43-36(42)38-20-28-7-4-5-8-29(28)25-14-16-27(17-15-25)35-44-31(22-46-33-30(34(40)41)9-6-18-37-33)23(2)32(45-35)26-12-10-24(21-39)11-13-26/h3-18,23,31-32,35,39H,1,19-22H2,2H3,(H,38,42)(H,40,41). The van der Waals surface area contributed by atoms with Crippen LogP contribution in [0.1, 0.15) is 51.9 Å². The largest absolute Gasteiger partial charge is 0.478 e. The molecular weight excluding hydrogens is 604 g/mol. The van der Waals surface area contributed by atoms with Crippen molar-refractivity contribution in [3.8, 4) is 11.1 Å². The first kappa shape index (κ1) is 32.9. The van der Waals surface area contributed by atoms with Crippen LogP contribution < -0.4 is 5.32 Å². The number of aliphatic hydroxyl groups is 1. The van der Waals surface area contributed by atoms with Gasteiger partial charge in [-0.25, -0.2) is 14.6 Å². The summed E-state index contributed by atoms with van der Waals surface area (Å²) in [5, 5.41) is 22.4. The number of aromatic nitrogens is 1. The third kappa shape index (κ3) is 8.02. The number of carbonyl (C=O) groups excluding carboxylic acids is 1. The molecule has 238 valence electrons. The van der Waals surface area contributed by atoms with Crippen molar-refractivity contribution in [2.24, 2.45) is 5.92 Å². The lowest BCUT2D eigenvalue weighted by atomic mass is 9.91. The van der Waals surface area contributed by atoms with Gasteiger partial charge in [-0.05, 0) is 39.9 Å². The molecule has 0 bridgehead atoms. The van der Waals surface area contributed by atoms with Crippen LogP contribution in [-0.2, 0) is 27.4 Å². The molecule has 9 nitrogen and oxygen atoms in total. The molecule has 4 atom stereocenters. The zero-order valence-electron chi connectivity index (χ0n) is 25.4. The van der Waals surface area contributed by atoms with Gasteiger partial charge in [0, 0.05) is 30.0 Å². The number of carboxylic acids is 1. The van der Waals surface area contributed by atoms with Crippen LogP contribution in [0.25, 0.3) is 11.1 Å². The minimum Gasteiger partial charge on any atom is -0.478 e. The van der Waals surface area contributed by atoms with E-state index in [1.807, 2.05) is 72.8 Å². The average Bonchev–Trinajstić information content (AvgIpc) is 3.09. The van der Waals surface area contributed by atoms with Crippen LogP contribution in [0.4, 0.5) is 4.79 Å². The number of carboxylic acid groups (broad SMARTS) is 1. The topological polar surface area (TPSA) is 127 Å². The quantitative estimate of drug-likeness (QED) is 0.112. The summed E-state index contributed by atoms with van der Waals surface area (Å²) < 4.78 is 18.2. The molecule has 1 fully saturated rings. The van der Waals surface area contributed by atoms with Gasteiger partial charge in [0.25, 0.3) is 0 Å². The van der Waals surface area contributed by atoms with E-state index in [2.05, 4.69) is 23.8 Å². The Morgan fingerprint density at radius 2 is 1.74 bits per heavy atom. The molecule has 4 unspecified atom stereocenters. The summed E-state index contributed by atoms with van der Waals surface area (Å²) in [5.41, 5.74) is 5.62. The monoisotopic (exact) mass is 640 g/mol. The van der Waals surface area contributed by atoms with Crippen LogP contribution in [0.15, 0.2) is 109 Å². The molecule has 1 aromatic heterocycles. The lowest BCUT2D eigenvalue weighted by molar-refractivity contribution is -0.268. The maximum atomic E-state index is 12.0. The molecule has 46 heavy (non-hydrogen) atoms. The van der Waals surface area contributed by atoms with Gasteiger partial charge in [-0.2, -0.15) is 0 Å². The highest BCUT2D eigenvalue weighted by molar-refractivity contribution is 7.99. The molecular formula is C36H36N2O7S. The summed E-state index contributed by atoms with van der Waals surface area (Å²) in [6.45, 7) is 6.01. The number of nitrogens with zero attached hydrogens (tertiary/aromatic N) is 1. The SMILES string of the molecule is C=CCOC(=O)NCc1ccccc1-c1ccc(C2OC(CSc3ncccc3C(=O)O)C(C)C(c3ccc(CO)cc3)O2)cc1. The van der Waals surface area contributed by atoms with Gasteiger partial charge in [0.05, 0.1) is 24.4 Å². The van der Waals surface area contributed by atoms with Gasteiger partial charge in [-0.1, -0.05) is 92.4 Å². The molecule has 4 aromatic rings. The predicted molar refractivity (Wildman–Crippen MR) is 175 cm³/mol. The number of ether oxygens (including phenoxy) is 3. The number of alkyl carbamates (subject to hydrolysis) is 1. The Kier molecular flexibility index (Phi) is 11.2. The summed E-state index contributed by atoms with van der Waals surface area (Å²) in [5.74, 6) is -0.629. The van der Waals surface area contributed by atoms with E-state index >= 15 is 0 Å². The van der Waals surface area contributed by atoms with E-state index in [0.29, 0.717) is 17.3 Å². The van der Waals surface area contributed by atoms with Gasteiger partial charge in [0.2, 0.25) is 0 Å². The lowest BCUT2D eigenvalue weighted by Gasteiger charge is -2.41. The summed E-state index contributed by atoms with van der Waals surface area (Å²) >= 11 is 1.35. The molecule has 0 saturated carbocycles. The molecule has 0 aliphatic carbocycles. The Morgan fingerprint density at radius 1 is 1.00 bits per heavy atom. The van der Waals surface area contributed by atoms with Crippen molar-refractivity contribution in [2.75, 3.05) is 12.4 Å². The second-order valence-electron chi connectivity index (χ2n) is 10.8. The van der Waals surface area contributed by atoms with E-state index in [9.17, 15) is 19.8 Å². The average molecular weight is 641 g/mol. The highest BCUT2D eigenvalue weighted by atomic mass is 32.2. The van der Waals surface area contributed by atoms with Crippen LogP contribution in [0.3, 0.4) is 0 Å². The first-order valence-electron chi connectivity index (χ1n) is 14.9. The Labute approximate surface area is 272 Å². The molecule has 2 heterocycles. The minimum absolute atomic E-state index is 0.0483. The van der Waals surface area contributed by atoms with Crippen LogP contribution in [0.5, 0.6) is 0 Å². The maximum Gasteiger partial charge on any atom is 0.407 e. The second kappa shape index (κ2) is 15.7. The number of benzene rings is 3. The van der Waals surface area contributed by atoms with Crippen LogP contribution in [-0.4, -0.2) is 45.7 Å². The Bertz CT molecular complexity index is 1650. The van der Waals surface area contributed by atoms with Crippen LogP contribution >= 0.6 is 11.8 Å². The molecule has 3 N–H and O–H groups in total. The predicted octanol–water partition coefficient (Wildman–Crippen LogP) is 6.94. The second-order valence-corrected chi connectivity index (χ2v) is 11.8. The Balaban J connectivity index is 1.37. The summed E-state index contributed by atoms with van der Waals surface area (Å²) in [6, 6.07) is 26.6. The summed E-state index contributed by atoms with van der Waals surface area (Å²) in [6.07, 6.45) is 1.30. The van der Waals surface area contributed by atoms with Gasteiger partial charge in [0.15, 0.2) is 6.29 Å². The van der Waals surface area contributed by atoms with Gasteiger partial charge in [0.1, 0.15) is 11.6 Å². The molecule has 5 rings (SSSR count). The molecule has 1 aliphatic heterocycles. The number of rotatable bonds is 12. The van der Waals surface area contributed by atoms with Crippen molar-refractivity contribution >= 4 is 23.8 Å². The first-order chi connectivity index (χ1) is 22.4. The number of hydrogen-bond acceptors (Lipinski definition) is 8. The van der Waals surface area contributed by atoms with Crippen molar-refractivity contribution in [1.82, 2.24) is 10.3 Å². The van der Waals surface area contributed by atoms with Crippen LogP contribution in [0.2, 0.25) is 0 Å². The molecule has 3 aromatic carbocycles. The fourth-order valence-electron chi connectivity index (χ4n) is 5.27. The van der Waals surface area contributed by atoms with Crippen molar-refractivity contribution < 1.29 is 34.0 Å². The highest BCUT2D eigenvalue weighted by Crippen LogP contribution is 2.43. The fourth-order valence-corrected chi connectivity index (χ4v) is 6.42. The van der Waals surface area contributed by atoms with E-state index in [0.717, 1.165) is 33.4 Å².